The fraction of sp³-hybridized carbons (Fsp3) is 0.103. The number of benzene rings is 3. The minimum Gasteiger partial charge on any atom is -0.342 e. The van der Waals surface area contributed by atoms with Crippen LogP contribution in [0.15, 0.2) is 96.2 Å². The van der Waals surface area contributed by atoms with Crippen molar-refractivity contribution in [3.63, 3.8) is 0 Å². The first-order valence-electron chi connectivity index (χ1n) is 11.9. The van der Waals surface area contributed by atoms with E-state index in [-0.39, 0.29) is 11.3 Å². The van der Waals surface area contributed by atoms with Crippen LogP contribution < -0.4 is 5.56 Å². The molecule has 174 valence electrons. The lowest BCUT2D eigenvalue weighted by molar-refractivity contribution is 0.0994. The van der Waals surface area contributed by atoms with Gasteiger partial charge in [0.15, 0.2) is 5.78 Å². The smallest absolute Gasteiger partial charge is 0.282 e. The van der Waals surface area contributed by atoms with Crippen LogP contribution >= 0.6 is 0 Å². The third kappa shape index (κ3) is 3.13. The Morgan fingerprint density at radius 2 is 1.72 bits per heavy atom. The Bertz CT molecular complexity index is 1790. The molecule has 0 radical (unpaired) electrons. The van der Waals surface area contributed by atoms with Gasteiger partial charge in [-0.05, 0) is 47.9 Å². The normalized spacial score (nSPS) is 13.1. The van der Waals surface area contributed by atoms with Crippen LogP contribution in [0.1, 0.15) is 27.9 Å². The van der Waals surface area contributed by atoms with E-state index in [9.17, 15) is 9.59 Å². The number of rotatable bonds is 4. The lowest BCUT2D eigenvalue weighted by Gasteiger charge is -2.14. The van der Waals surface area contributed by atoms with Crippen molar-refractivity contribution in [3.8, 4) is 22.6 Å². The average molecular weight is 472 g/mol. The standard InChI is InChI=1S/C29H21N5O2/c35-26-14-11-20-5-3-8-25(27(20)26)34-29(36)23-18-32(24-7-2-1-6-22(24)28(23)31-34)17-19-9-12-21(13-10-19)33-16-4-15-30-33/h1-10,12-13,15-16,18H,11,14,17H2. The summed E-state index contributed by atoms with van der Waals surface area (Å²) in [6.45, 7) is 0.597. The van der Waals surface area contributed by atoms with Crippen LogP contribution in [0.3, 0.4) is 0 Å². The van der Waals surface area contributed by atoms with Gasteiger partial charge in [-0.3, -0.25) is 9.59 Å². The predicted octanol–water partition coefficient (Wildman–Crippen LogP) is 4.65. The number of carbonyl (C=O) groups excluding carboxylic acids is 1. The Morgan fingerprint density at radius 3 is 2.56 bits per heavy atom. The van der Waals surface area contributed by atoms with E-state index >= 15 is 0 Å². The Kier molecular flexibility index (Phi) is 4.51. The summed E-state index contributed by atoms with van der Waals surface area (Å²) in [7, 11) is 0. The van der Waals surface area contributed by atoms with Crippen molar-refractivity contribution in [1.29, 1.82) is 0 Å². The number of aromatic nitrogens is 5. The summed E-state index contributed by atoms with van der Waals surface area (Å²) in [4.78, 5) is 26.2. The van der Waals surface area contributed by atoms with Gasteiger partial charge in [-0.15, -0.1) is 0 Å². The molecule has 7 rings (SSSR count). The van der Waals surface area contributed by atoms with Gasteiger partial charge in [-0.25, -0.2) is 4.68 Å². The summed E-state index contributed by atoms with van der Waals surface area (Å²) < 4.78 is 5.32. The molecule has 0 bridgehead atoms. The first-order valence-corrected chi connectivity index (χ1v) is 11.9. The van der Waals surface area contributed by atoms with Gasteiger partial charge in [0.2, 0.25) is 0 Å². The summed E-state index contributed by atoms with van der Waals surface area (Å²) in [6, 6.07) is 23.8. The van der Waals surface area contributed by atoms with Crippen LogP contribution in [0.25, 0.3) is 33.5 Å². The number of Topliss-reactive ketones (excluding diaryl/α,β-unsaturated/α-hetero) is 1. The maximum Gasteiger partial charge on any atom is 0.282 e. The van der Waals surface area contributed by atoms with E-state index < -0.39 is 0 Å². The number of nitrogens with zero attached hydrogens (tertiary/aromatic N) is 5. The topological polar surface area (TPSA) is 74.7 Å². The summed E-state index contributed by atoms with van der Waals surface area (Å²) in [5.74, 6) is 0.0676. The molecule has 36 heavy (non-hydrogen) atoms. The molecule has 7 heteroatoms. The Morgan fingerprint density at radius 1 is 0.861 bits per heavy atom. The van der Waals surface area contributed by atoms with Crippen molar-refractivity contribution in [3.05, 3.63) is 118 Å². The van der Waals surface area contributed by atoms with Gasteiger partial charge in [0.05, 0.1) is 22.5 Å². The van der Waals surface area contributed by atoms with E-state index in [4.69, 9.17) is 5.10 Å². The zero-order valence-corrected chi connectivity index (χ0v) is 19.3. The average Bonchev–Trinajstić information content (AvgIpc) is 3.65. The molecule has 2 aliphatic heterocycles. The second-order valence-corrected chi connectivity index (χ2v) is 9.10. The highest BCUT2D eigenvalue weighted by molar-refractivity contribution is 6.03. The number of pyridine rings is 1. The summed E-state index contributed by atoms with van der Waals surface area (Å²) in [5, 5.41) is 9.93. The van der Waals surface area contributed by atoms with E-state index in [1.54, 1.807) is 6.20 Å². The summed E-state index contributed by atoms with van der Waals surface area (Å²) >= 11 is 0. The maximum absolute atomic E-state index is 13.6. The number of para-hydroxylation sites is 1. The molecule has 3 aliphatic rings. The predicted molar refractivity (Wildman–Crippen MR) is 137 cm³/mol. The molecule has 1 aromatic heterocycles. The molecule has 0 unspecified atom stereocenters. The molecule has 7 nitrogen and oxygen atoms in total. The van der Waals surface area contributed by atoms with Crippen molar-refractivity contribution in [1.82, 2.24) is 24.1 Å². The molecule has 0 N–H and O–H groups in total. The van der Waals surface area contributed by atoms with Crippen LogP contribution in [0.2, 0.25) is 0 Å². The zero-order chi connectivity index (χ0) is 24.2. The molecule has 0 spiro atoms. The number of hydrogen-bond acceptors (Lipinski definition) is 4. The Balaban J connectivity index is 1.37. The first-order chi connectivity index (χ1) is 17.7. The van der Waals surface area contributed by atoms with Gasteiger partial charge < -0.3 is 4.57 Å². The van der Waals surface area contributed by atoms with Crippen LogP contribution in [0, 0.1) is 0 Å². The summed E-state index contributed by atoms with van der Waals surface area (Å²) in [5.41, 5.74) is 6.21. The number of carbonyl (C=O) groups is 1. The largest absolute Gasteiger partial charge is 0.342 e. The van der Waals surface area contributed by atoms with Gasteiger partial charge in [0.25, 0.3) is 5.56 Å². The lowest BCUT2D eigenvalue weighted by atomic mass is 10.1. The van der Waals surface area contributed by atoms with Gasteiger partial charge in [-0.2, -0.15) is 14.9 Å². The molecule has 3 aromatic carbocycles. The highest BCUT2D eigenvalue weighted by atomic mass is 16.1. The number of aryl methyl sites for hydroxylation is 1. The minimum absolute atomic E-state index is 0.0676. The molecule has 0 fully saturated rings. The Labute approximate surface area is 206 Å². The third-order valence-electron chi connectivity index (χ3n) is 6.95. The fourth-order valence-corrected chi connectivity index (χ4v) is 5.21. The molecule has 0 amide bonds. The van der Waals surface area contributed by atoms with Crippen molar-refractivity contribution in [2.75, 3.05) is 0 Å². The lowest BCUT2D eigenvalue weighted by Crippen LogP contribution is -2.17. The van der Waals surface area contributed by atoms with Crippen LogP contribution in [-0.2, 0) is 13.0 Å². The third-order valence-corrected chi connectivity index (χ3v) is 6.95. The van der Waals surface area contributed by atoms with E-state index in [1.165, 1.54) is 4.68 Å². The van der Waals surface area contributed by atoms with Crippen molar-refractivity contribution < 1.29 is 4.79 Å². The first kappa shape index (κ1) is 20.6. The van der Waals surface area contributed by atoms with Crippen molar-refractivity contribution in [2.24, 2.45) is 0 Å². The van der Waals surface area contributed by atoms with Gasteiger partial charge in [0, 0.05) is 42.5 Å². The highest BCUT2D eigenvalue weighted by Gasteiger charge is 2.27. The molecule has 3 heterocycles. The number of ketones is 1. The maximum atomic E-state index is 13.6. The fourth-order valence-electron chi connectivity index (χ4n) is 5.21. The van der Waals surface area contributed by atoms with Crippen LogP contribution in [0.5, 0.6) is 0 Å². The molecule has 0 saturated heterocycles. The van der Waals surface area contributed by atoms with Crippen LogP contribution in [-0.4, -0.2) is 29.9 Å². The SMILES string of the molecule is O=C1CCc2cccc(-n3nc4c5ccccc5n(Cc5ccc(-n6cccn6)cc5)cc-4c3=O)c21. The highest BCUT2D eigenvalue weighted by Crippen LogP contribution is 2.31. The van der Waals surface area contributed by atoms with E-state index in [0.717, 1.165) is 27.7 Å². The van der Waals surface area contributed by atoms with Gasteiger partial charge in [0.1, 0.15) is 5.69 Å². The molecule has 4 aromatic rings. The molecule has 0 saturated carbocycles. The number of hydrogen-bond donors (Lipinski definition) is 0. The van der Waals surface area contributed by atoms with Gasteiger partial charge in [-0.1, -0.05) is 42.5 Å². The van der Waals surface area contributed by atoms with Crippen molar-refractivity contribution >= 4 is 16.7 Å². The molecular formula is C29H21N5O2. The molecular weight excluding hydrogens is 450 g/mol. The monoisotopic (exact) mass is 471 g/mol. The number of fused-ring (bicyclic) bond motifs is 4. The van der Waals surface area contributed by atoms with E-state index in [1.807, 2.05) is 77.7 Å². The second-order valence-electron chi connectivity index (χ2n) is 9.10. The van der Waals surface area contributed by atoms with E-state index in [2.05, 4.69) is 21.8 Å². The van der Waals surface area contributed by atoms with Crippen LogP contribution in [0.4, 0.5) is 0 Å². The molecule has 1 aliphatic carbocycles. The second kappa shape index (κ2) is 7.88. The minimum atomic E-state index is -0.216. The quantitative estimate of drug-likeness (QED) is 0.375. The Hall–Kier alpha value is -4.78. The van der Waals surface area contributed by atoms with Crippen molar-refractivity contribution in [2.45, 2.75) is 19.4 Å². The zero-order valence-electron chi connectivity index (χ0n) is 19.3. The molecule has 0 atom stereocenters. The summed E-state index contributed by atoms with van der Waals surface area (Å²) in [6.07, 6.45) is 6.73. The van der Waals surface area contributed by atoms with Gasteiger partial charge >= 0.3 is 0 Å². The van der Waals surface area contributed by atoms with E-state index in [0.29, 0.717) is 41.9 Å².